The summed E-state index contributed by atoms with van der Waals surface area (Å²) in [6.45, 7) is 0. The fraction of sp³-hybridized carbons (Fsp3) is 0.154. The van der Waals surface area contributed by atoms with Crippen LogP contribution < -0.4 is 16.2 Å². The molecule has 0 aliphatic carbocycles. The van der Waals surface area contributed by atoms with Gasteiger partial charge < -0.3 is 21.3 Å². The summed E-state index contributed by atoms with van der Waals surface area (Å²) in [4.78, 5) is 22.8. The molecular weight excluding hydrogens is 487 g/mol. The molecule has 0 amide bonds. The Morgan fingerprint density at radius 3 is 2.19 bits per heavy atom. The standard InChI is InChI=1S/C26H22F3N5O3/c27-26(28,29)21(19-9-5-4-8-18(19)16-6-2-1-3-7-16)37-25-33-22(32-24(31)34-25)17-12-10-15(11-13-17)14-20(30)23(35)36/h1-13,20-21H,14,30H2,(H,35,36)(H2,31,32,33,34)/t20?,21-/m0/s1. The maximum absolute atomic E-state index is 14.2. The van der Waals surface area contributed by atoms with Gasteiger partial charge in [0.05, 0.1) is 0 Å². The minimum atomic E-state index is -4.79. The lowest BCUT2D eigenvalue weighted by molar-refractivity contribution is -0.199. The zero-order chi connectivity index (χ0) is 26.6. The number of carbonyl (C=O) groups is 1. The SMILES string of the molecule is Nc1nc(O[C@@H](c2ccccc2-c2ccccc2)C(F)(F)F)nc(-c2ccc(CC(N)C(=O)O)cc2)n1. The van der Waals surface area contributed by atoms with Crippen molar-refractivity contribution in [3.05, 3.63) is 90.0 Å². The van der Waals surface area contributed by atoms with Gasteiger partial charge in [-0.2, -0.15) is 28.1 Å². The van der Waals surface area contributed by atoms with Crippen molar-refractivity contribution in [2.45, 2.75) is 24.7 Å². The molecule has 1 heterocycles. The third-order valence-corrected chi connectivity index (χ3v) is 5.47. The Morgan fingerprint density at radius 1 is 0.892 bits per heavy atom. The van der Waals surface area contributed by atoms with Crippen LogP contribution in [0.4, 0.5) is 19.1 Å². The number of nitrogens with two attached hydrogens (primary N) is 2. The van der Waals surface area contributed by atoms with E-state index in [2.05, 4.69) is 15.0 Å². The number of hydrogen-bond donors (Lipinski definition) is 3. The van der Waals surface area contributed by atoms with Gasteiger partial charge >= 0.3 is 18.2 Å². The van der Waals surface area contributed by atoms with Gasteiger partial charge in [-0.15, -0.1) is 0 Å². The number of hydrogen-bond acceptors (Lipinski definition) is 7. The van der Waals surface area contributed by atoms with Crippen LogP contribution in [0.25, 0.3) is 22.5 Å². The summed E-state index contributed by atoms with van der Waals surface area (Å²) in [5.41, 5.74) is 13.2. The second kappa shape index (κ2) is 10.6. The number of rotatable bonds is 8. The summed E-state index contributed by atoms with van der Waals surface area (Å²) in [5.74, 6) is -1.47. The first kappa shape index (κ1) is 25.6. The highest BCUT2D eigenvalue weighted by Gasteiger charge is 2.45. The molecule has 0 aliphatic rings. The first-order valence-electron chi connectivity index (χ1n) is 11.1. The van der Waals surface area contributed by atoms with Crippen LogP contribution in [0.3, 0.4) is 0 Å². The number of carboxylic acids is 1. The van der Waals surface area contributed by atoms with E-state index in [9.17, 15) is 18.0 Å². The highest BCUT2D eigenvalue weighted by Crippen LogP contribution is 2.40. The highest BCUT2D eigenvalue weighted by atomic mass is 19.4. The normalized spacial score (nSPS) is 13.1. The number of nitrogens with zero attached hydrogens (tertiary/aromatic N) is 3. The van der Waals surface area contributed by atoms with Crippen LogP contribution in [0.1, 0.15) is 17.2 Å². The molecule has 0 aliphatic heterocycles. The molecule has 0 saturated carbocycles. The smallest absolute Gasteiger partial charge is 0.429 e. The van der Waals surface area contributed by atoms with E-state index in [1.165, 1.54) is 12.1 Å². The van der Waals surface area contributed by atoms with Crippen LogP contribution in [0, 0.1) is 0 Å². The zero-order valence-corrected chi connectivity index (χ0v) is 19.3. The molecule has 0 fully saturated rings. The van der Waals surface area contributed by atoms with Crippen molar-refractivity contribution in [1.29, 1.82) is 0 Å². The highest BCUT2D eigenvalue weighted by molar-refractivity contribution is 5.73. The summed E-state index contributed by atoms with van der Waals surface area (Å²) in [7, 11) is 0. The monoisotopic (exact) mass is 509 g/mol. The molecule has 37 heavy (non-hydrogen) atoms. The second-order valence-corrected chi connectivity index (χ2v) is 8.14. The van der Waals surface area contributed by atoms with Crippen molar-refractivity contribution in [1.82, 2.24) is 15.0 Å². The fourth-order valence-electron chi connectivity index (χ4n) is 3.70. The second-order valence-electron chi connectivity index (χ2n) is 8.14. The number of carboxylic acid groups (broad SMARTS) is 1. The lowest BCUT2D eigenvalue weighted by Gasteiger charge is -2.23. The Bertz CT molecular complexity index is 1380. The maximum Gasteiger partial charge on any atom is 0.429 e. The molecule has 8 nitrogen and oxygen atoms in total. The van der Waals surface area contributed by atoms with E-state index < -0.39 is 30.3 Å². The first-order chi connectivity index (χ1) is 17.6. The third-order valence-electron chi connectivity index (χ3n) is 5.47. The van der Waals surface area contributed by atoms with Gasteiger partial charge in [-0.25, -0.2) is 0 Å². The van der Waals surface area contributed by atoms with Gasteiger partial charge in [0.1, 0.15) is 6.04 Å². The summed E-state index contributed by atoms with van der Waals surface area (Å²) in [5, 5.41) is 8.97. The molecule has 0 radical (unpaired) electrons. The molecule has 4 rings (SSSR count). The topological polar surface area (TPSA) is 137 Å². The van der Waals surface area contributed by atoms with Crippen LogP contribution in [0.15, 0.2) is 78.9 Å². The van der Waals surface area contributed by atoms with E-state index in [0.29, 0.717) is 22.3 Å². The number of aromatic nitrogens is 3. The lowest BCUT2D eigenvalue weighted by Crippen LogP contribution is -2.32. The molecule has 4 aromatic rings. The molecule has 11 heteroatoms. The minimum absolute atomic E-state index is 0.00569. The Labute approximate surface area is 209 Å². The molecule has 0 spiro atoms. The zero-order valence-electron chi connectivity index (χ0n) is 19.3. The Balaban J connectivity index is 1.66. The fourth-order valence-corrected chi connectivity index (χ4v) is 3.70. The minimum Gasteiger partial charge on any atom is -0.480 e. The average Bonchev–Trinajstić information content (AvgIpc) is 2.87. The van der Waals surface area contributed by atoms with Crippen LogP contribution >= 0.6 is 0 Å². The molecule has 1 aromatic heterocycles. The van der Waals surface area contributed by atoms with E-state index in [1.54, 1.807) is 66.7 Å². The van der Waals surface area contributed by atoms with E-state index in [0.717, 1.165) is 0 Å². The van der Waals surface area contributed by atoms with Gasteiger partial charge in [0.2, 0.25) is 12.1 Å². The number of alkyl halides is 3. The lowest BCUT2D eigenvalue weighted by atomic mass is 9.96. The summed E-state index contributed by atoms with van der Waals surface area (Å²) >= 11 is 0. The van der Waals surface area contributed by atoms with Gasteiger partial charge in [-0.1, -0.05) is 78.9 Å². The third kappa shape index (κ3) is 6.19. The molecule has 3 aromatic carbocycles. The van der Waals surface area contributed by atoms with Crippen molar-refractivity contribution < 1.29 is 27.8 Å². The molecular formula is C26H22F3N5O3. The predicted molar refractivity (Wildman–Crippen MR) is 130 cm³/mol. The quantitative estimate of drug-likeness (QED) is 0.317. The van der Waals surface area contributed by atoms with Gasteiger partial charge in [-0.05, 0) is 23.1 Å². The number of ether oxygens (including phenoxy) is 1. The van der Waals surface area contributed by atoms with Gasteiger partial charge in [0.15, 0.2) is 5.82 Å². The number of halogens is 3. The summed E-state index contributed by atoms with van der Waals surface area (Å²) < 4.78 is 48.0. The maximum atomic E-state index is 14.2. The Kier molecular flexibility index (Phi) is 7.35. The molecule has 5 N–H and O–H groups in total. The number of aliphatic carboxylic acids is 1. The molecule has 1 unspecified atom stereocenters. The molecule has 0 bridgehead atoms. The van der Waals surface area contributed by atoms with Crippen LogP contribution in [0.5, 0.6) is 6.01 Å². The van der Waals surface area contributed by atoms with Crippen LogP contribution in [-0.2, 0) is 11.2 Å². The van der Waals surface area contributed by atoms with E-state index in [4.69, 9.17) is 21.3 Å². The van der Waals surface area contributed by atoms with E-state index >= 15 is 0 Å². The van der Waals surface area contributed by atoms with E-state index in [1.807, 2.05) is 0 Å². The number of anilines is 1. The summed E-state index contributed by atoms with van der Waals surface area (Å²) in [6.07, 6.45) is -7.08. The Morgan fingerprint density at radius 2 is 1.54 bits per heavy atom. The van der Waals surface area contributed by atoms with Crippen LogP contribution in [0.2, 0.25) is 0 Å². The van der Waals surface area contributed by atoms with Gasteiger partial charge in [0.25, 0.3) is 0 Å². The first-order valence-corrected chi connectivity index (χ1v) is 11.1. The van der Waals surface area contributed by atoms with Crippen LogP contribution in [-0.4, -0.2) is 38.2 Å². The Hall–Kier alpha value is -4.51. The average molecular weight is 509 g/mol. The molecule has 0 saturated heterocycles. The van der Waals surface area contributed by atoms with Crippen molar-refractivity contribution in [2.75, 3.05) is 5.73 Å². The van der Waals surface area contributed by atoms with Crippen molar-refractivity contribution >= 4 is 11.9 Å². The van der Waals surface area contributed by atoms with Crippen molar-refractivity contribution in [2.24, 2.45) is 5.73 Å². The summed E-state index contributed by atoms with van der Waals surface area (Å²) in [6, 6.07) is 19.4. The van der Waals surface area contributed by atoms with Gasteiger partial charge in [0, 0.05) is 11.1 Å². The molecule has 2 atom stereocenters. The van der Waals surface area contributed by atoms with E-state index in [-0.39, 0.29) is 23.8 Å². The van der Waals surface area contributed by atoms with Gasteiger partial charge in [-0.3, -0.25) is 4.79 Å². The number of nitrogen functional groups attached to an aromatic ring is 1. The number of benzene rings is 3. The van der Waals surface area contributed by atoms with Crippen molar-refractivity contribution in [3.8, 4) is 28.5 Å². The van der Waals surface area contributed by atoms with Crippen molar-refractivity contribution in [3.63, 3.8) is 0 Å². The predicted octanol–water partition coefficient (Wildman–Crippen LogP) is 4.42. The molecule has 190 valence electrons. The largest absolute Gasteiger partial charge is 0.480 e.